The molecule has 96 valence electrons. The number of unbranched alkanes of at least 4 members (excludes halogenated alkanes) is 3. The van der Waals surface area contributed by atoms with Gasteiger partial charge in [-0.25, -0.2) is 0 Å². The van der Waals surface area contributed by atoms with Gasteiger partial charge in [-0.1, -0.05) is 19.8 Å². The molecule has 0 spiro atoms. The number of carbonyl (C=O) groups is 1. The number of hydrogen-bond acceptors (Lipinski definition) is 3. The van der Waals surface area contributed by atoms with E-state index in [2.05, 4.69) is 5.32 Å². The Bertz CT molecular complexity index is 174. The molecule has 16 heavy (non-hydrogen) atoms. The highest BCUT2D eigenvalue weighted by Gasteiger charge is 2.04. The van der Waals surface area contributed by atoms with Crippen molar-refractivity contribution in [1.82, 2.24) is 5.32 Å². The van der Waals surface area contributed by atoms with Crippen LogP contribution in [0.5, 0.6) is 0 Å². The van der Waals surface area contributed by atoms with Crippen LogP contribution in [0.4, 0.5) is 0 Å². The molecule has 0 aromatic rings. The number of aliphatic hydroxyl groups is 1. The zero-order chi connectivity index (χ0) is 12.2. The van der Waals surface area contributed by atoms with Crippen molar-refractivity contribution in [2.45, 2.75) is 45.4 Å². The van der Waals surface area contributed by atoms with Gasteiger partial charge in [-0.3, -0.25) is 4.79 Å². The summed E-state index contributed by atoms with van der Waals surface area (Å²) < 4.78 is 0. The third-order valence-electron chi connectivity index (χ3n) is 2.63. The number of amides is 1. The summed E-state index contributed by atoms with van der Waals surface area (Å²) in [6, 6.07) is 0. The lowest BCUT2D eigenvalue weighted by molar-refractivity contribution is -0.121. The minimum atomic E-state index is 0.123. The number of carbonyl (C=O) groups excluding carboxylic acids is 1. The number of rotatable bonds is 10. The standard InChI is InChI=1S/C12H26N2O2/c1-11(7-9-15)10-14-12(16)6-4-2-3-5-8-13/h11,15H,2-10,13H2,1H3,(H,14,16). The Morgan fingerprint density at radius 2 is 2.00 bits per heavy atom. The molecule has 0 radical (unpaired) electrons. The predicted octanol–water partition coefficient (Wildman–Crippen LogP) is 1.03. The molecule has 4 N–H and O–H groups in total. The molecule has 0 heterocycles. The zero-order valence-corrected chi connectivity index (χ0v) is 10.4. The highest BCUT2D eigenvalue weighted by Crippen LogP contribution is 2.03. The van der Waals surface area contributed by atoms with E-state index in [9.17, 15) is 4.79 Å². The van der Waals surface area contributed by atoms with Gasteiger partial charge in [-0.15, -0.1) is 0 Å². The summed E-state index contributed by atoms with van der Waals surface area (Å²) >= 11 is 0. The molecule has 0 bridgehead atoms. The summed E-state index contributed by atoms with van der Waals surface area (Å²) in [6.07, 6.45) is 5.55. The third-order valence-corrected chi connectivity index (χ3v) is 2.63. The van der Waals surface area contributed by atoms with Crippen LogP contribution in [0.15, 0.2) is 0 Å². The largest absolute Gasteiger partial charge is 0.396 e. The summed E-state index contributed by atoms with van der Waals surface area (Å²) in [6.45, 7) is 3.63. The lowest BCUT2D eigenvalue weighted by Gasteiger charge is -2.10. The Labute approximate surface area is 98.6 Å². The monoisotopic (exact) mass is 230 g/mol. The Kier molecular flexibility index (Phi) is 10.5. The quantitative estimate of drug-likeness (QED) is 0.491. The first-order valence-electron chi connectivity index (χ1n) is 6.28. The van der Waals surface area contributed by atoms with E-state index in [0.29, 0.717) is 18.9 Å². The van der Waals surface area contributed by atoms with E-state index >= 15 is 0 Å². The van der Waals surface area contributed by atoms with Crippen LogP contribution in [-0.4, -0.2) is 30.7 Å². The SMILES string of the molecule is CC(CCO)CNC(=O)CCCCCCN. The van der Waals surface area contributed by atoms with Gasteiger partial charge in [0.05, 0.1) is 0 Å². The second-order valence-electron chi connectivity index (χ2n) is 4.37. The van der Waals surface area contributed by atoms with E-state index in [0.717, 1.165) is 38.6 Å². The molecule has 0 aliphatic rings. The molecule has 1 unspecified atom stereocenters. The molecule has 0 aromatic carbocycles. The predicted molar refractivity (Wildman–Crippen MR) is 66.0 cm³/mol. The lowest BCUT2D eigenvalue weighted by atomic mass is 10.1. The lowest BCUT2D eigenvalue weighted by Crippen LogP contribution is -2.28. The summed E-state index contributed by atoms with van der Waals surface area (Å²) in [5.74, 6) is 0.476. The summed E-state index contributed by atoms with van der Waals surface area (Å²) in [5, 5.41) is 11.6. The van der Waals surface area contributed by atoms with Crippen molar-refractivity contribution in [3.8, 4) is 0 Å². The van der Waals surface area contributed by atoms with Crippen molar-refractivity contribution in [1.29, 1.82) is 0 Å². The molecule has 0 aliphatic heterocycles. The summed E-state index contributed by atoms with van der Waals surface area (Å²) in [7, 11) is 0. The van der Waals surface area contributed by atoms with Gasteiger partial charge >= 0.3 is 0 Å². The molecule has 0 fully saturated rings. The molecular formula is C12H26N2O2. The summed E-state index contributed by atoms with van der Waals surface area (Å²) in [5.41, 5.74) is 5.38. The second-order valence-corrected chi connectivity index (χ2v) is 4.37. The fourth-order valence-corrected chi connectivity index (χ4v) is 1.48. The highest BCUT2D eigenvalue weighted by atomic mass is 16.3. The number of nitrogens with two attached hydrogens (primary N) is 1. The van der Waals surface area contributed by atoms with Crippen LogP contribution in [0.2, 0.25) is 0 Å². The van der Waals surface area contributed by atoms with Gasteiger partial charge in [0.2, 0.25) is 5.91 Å². The van der Waals surface area contributed by atoms with Gasteiger partial charge in [0.1, 0.15) is 0 Å². The van der Waals surface area contributed by atoms with E-state index in [1.165, 1.54) is 0 Å². The van der Waals surface area contributed by atoms with Crippen LogP contribution in [0.3, 0.4) is 0 Å². The van der Waals surface area contributed by atoms with Crippen molar-refractivity contribution >= 4 is 5.91 Å². The minimum Gasteiger partial charge on any atom is -0.396 e. The minimum absolute atomic E-state index is 0.123. The Morgan fingerprint density at radius 3 is 2.62 bits per heavy atom. The summed E-state index contributed by atoms with van der Waals surface area (Å²) in [4.78, 5) is 11.4. The number of nitrogens with one attached hydrogen (secondary N) is 1. The fraction of sp³-hybridized carbons (Fsp3) is 0.917. The number of hydrogen-bond donors (Lipinski definition) is 3. The van der Waals surface area contributed by atoms with Crippen LogP contribution in [-0.2, 0) is 4.79 Å². The molecule has 1 atom stereocenters. The van der Waals surface area contributed by atoms with Crippen molar-refractivity contribution in [3.63, 3.8) is 0 Å². The van der Waals surface area contributed by atoms with Gasteiger partial charge in [0.15, 0.2) is 0 Å². The van der Waals surface area contributed by atoms with Gasteiger partial charge in [0.25, 0.3) is 0 Å². The van der Waals surface area contributed by atoms with E-state index in [1.54, 1.807) is 0 Å². The van der Waals surface area contributed by atoms with E-state index in [4.69, 9.17) is 10.8 Å². The van der Waals surface area contributed by atoms with Crippen LogP contribution in [0.1, 0.15) is 45.4 Å². The van der Waals surface area contributed by atoms with E-state index < -0.39 is 0 Å². The molecule has 0 rings (SSSR count). The normalized spacial score (nSPS) is 12.4. The number of aliphatic hydroxyl groups excluding tert-OH is 1. The van der Waals surface area contributed by atoms with Crippen molar-refractivity contribution in [2.75, 3.05) is 19.7 Å². The first-order valence-corrected chi connectivity index (χ1v) is 6.28. The van der Waals surface area contributed by atoms with Crippen LogP contribution in [0.25, 0.3) is 0 Å². The van der Waals surface area contributed by atoms with E-state index in [-0.39, 0.29) is 12.5 Å². The van der Waals surface area contributed by atoms with Crippen LogP contribution >= 0.6 is 0 Å². The third kappa shape index (κ3) is 9.93. The second kappa shape index (κ2) is 10.9. The molecular weight excluding hydrogens is 204 g/mol. The average molecular weight is 230 g/mol. The average Bonchev–Trinajstić information content (AvgIpc) is 2.26. The molecule has 4 nitrogen and oxygen atoms in total. The first kappa shape index (κ1) is 15.4. The first-order chi connectivity index (χ1) is 7.70. The topological polar surface area (TPSA) is 75.3 Å². The molecule has 0 saturated heterocycles. The van der Waals surface area contributed by atoms with Crippen LogP contribution in [0, 0.1) is 5.92 Å². The van der Waals surface area contributed by atoms with E-state index in [1.807, 2.05) is 6.92 Å². The van der Waals surface area contributed by atoms with Crippen LogP contribution < -0.4 is 11.1 Å². The van der Waals surface area contributed by atoms with Gasteiger partial charge in [0, 0.05) is 19.6 Å². The van der Waals surface area contributed by atoms with Crippen molar-refractivity contribution in [3.05, 3.63) is 0 Å². The molecule has 1 amide bonds. The highest BCUT2D eigenvalue weighted by molar-refractivity contribution is 5.75. The Hall–Kier alpha value is -0.610. The van der Waals surface area contributed by atoms with Gasteiger partial charge in [-0.2, -0.15) is 0 Å². The van der Waals surface area contributed by atoms with Gasteiger partial charge < -0.3 is 16.2 Å². The zero-order valence-electron chi connectivity index (χ0n) is 10.4. The maximum Gasteiger partial charge on any atom is 0.220 e. The maximum atomic E-state index is 11.4. The Morgan fingerprint density at radius 1 is 1.31 bits per heavy atom. The van der Waals surface area contributed by atoms with Crippen molar-refractivity contribution < 1.29 is 9.90 Å². The van der Waals surface area contributed by atoms with Crippen molar-refractivity contribution in [2.24, 2.45) is 11.7 Å². The maximum absolute atomic E-state index is 11.4. The smallest absolute Gasteiger partial charge is 0.220 e. The molecule has 0 aliphatic carbocycles. The molecule has 0 aromatic heterocycles. The Balaban J connectivity index is 3.30. The fourth-order valence-electron chi connectivity index (χ4n) is 1.48. The van der Waals surface area contributed by atoms with Gasteiger partial charge in [-0.05, 0) is 31.7 Å². The molecule has 4 heteroatoms. The molecule has 0 saturated carbocycles.